The molecule has 0 spiro atoms. The first-order valence-electron chi connectivity index (χ1n) is 9.88. The minimum atomic E-state index is 0.263. The Balaban J connectivity index is 1.70. The number of pyridine rings is 2. The van der Waals surface area contributed by atoms with Crippen molar-refractivity contribution in [1.29, 1.82) is 0 Å². The first-order chi connectivity index (χ1) is 14.5. The van der Waals surface area contributed by atoms with E-state index in [2.05, 4.69) is 21.8 Å². The van der Waals surface area contributed by atoms with Crippen molar-refractivity contribution < 1.29 is 13.9 Å². The van der Waals surface area contributed by atoms with Crippen LogP contribution in [-0.2, 0) is 0 Å². The number of furan rings is 1. The highest BCUT2D eigenvalue weighted by molar-refractivity contribution is 5.82. The minimum absolute atomic E-state index is 0.263. The highest BCUT2D eigenvalue weighted by Gasteiger charge is 2.15. The lowest BCUT2D eigenvalue weighted by Gasteiger charge is -2.21. The van der Waals surface area contributed by atoms with Crippen molar-refractivity contribution in [2.45, 2.75) is 19.9 Å². The van der Waals surface area contributed by atoms with Gasteiger partial charge in [-0.3, -0.25) is 4.98 Å². The predicted octanol–water partition coefficient (Wildman–Crippen LogP) is 5.32. The number of nitrogens with zero attached hydrogens (tertiary/aromatic N) is 3. The van der Waals surface area contributed by atoms with Crippen LogP contribution in [0.15, 0.2) is 65.5 Å². The number of aromatic nitrogens is 2. The molecule has 6 nitrogen and oxygen atoms in total. The van der Waals surface area contributed by atoms with Crippen LogP contribution in [0.5, 0.6) is 17.4 Å². The van der Waals surface area contributed by atoms with Crippen molar-refractivity contribution in [3.8, 4) is 28.5 Å². The summed E-state index contributed by atoms with van der Waals surface area (Å²) in [5.41, 5.74) is 3.69. The molecule has 1 unspecified atom stereocenters. The zero-order chi connectivity index (χ0) is 21.1. The monoisotopic (exact) mass is 403 g/mol. The molecule has 30 heavy (non-hydrogen) atoms. The Morgan fingerprint density at radius 3 is 2.70 bits per heavy atom. The van der Waals surface area contributed by atoms with Gasteiger partial charge in [-0.25, -0.2) is 4.98 Å². The maximum absolute atomic E-state index is 6.23. The molecule has 0 fully saturated rings. The van der Waals surface area contributed by atoms with Crippen LogP contribution in [0.3, 0.4) is 0 Å². The molecule has 4 aromatic rings. The van der Waals surface area contributed by atoms with Crippen molar-refractivity contribution in [1.82, 2.24) is 14.9 Å². The number of fused-ring (bicyclic) bond motifs is 1. The molecule has 0 aliphatic heterocycles. The molecule has 0 aliphatic rings. The maximum atomic E-state index is 6.23. The van der Waals surface area contributed by atoms with Crippen molar-refractivity contribution in [3.05, 3.63) is 66.8 Å². The molecule has 0 N–H and O–H groups in total. The molecule has 0 saturated heterocycles. The van der Waals surface area contributed by atoms with E-state index >= 15 is 0 Å². The zero-order valence-corrected chi connectivity index (χ0v) is 17.6. The number of aryl methyl sites for hydroxylation is 1. The van der Waals surface area contributed by atoms with Crippen LogP contribution in [0, 0.1) is 6.92 Å². The van der Waals surface area contributed by atoms with Crippen LogP contribution in [0.1, 0.15) is 12.6 Å². The van der Waals surface area contributed by atoms with E-state index in [1.54, 1.807) is 18.7 Å². The van der Waals surface area contributed by atoms with E-state index in [0.717, 1.165) is 33.5 Å². The van der Waals surface area contributed by atoms with Gasteiger partial charge in [0.15, 0.2) is 0 Å². The van der Waals surface area contributed by atoms with Gasteiger partial charge in [0.25, 0.3) is 0 Å². The topological polar surface area (TPSA) is 60.6 Å². The minimum Gasteiger partial charge on any atom is -0.491 e. The Kier molecular flexibility index (Phi) is 5.68. The fraction of sp³-hybridized carbons (Fsp3) is 0.250. The van der Waals surface area contributed by atoms with Gasteiger partial charge in [0.2, 0.25) is 5.88 Å². The molecule has 0 amide bonds. The Bertz CT molecular complexity index is 1150. The summed E-state index contributed by atoms with van der Waals surface area (Å²) in [5, 5.41) is 0.827. The lowest BCUT2D eigenvalue weighted by Crippen LogP contribution is -2.30. The summed E-state index contributed by atoms with van der Waals surface area (Å²) in [4.78, 5) is 10.9. The second kappa shape index (κ2) is 8.55. The molecule has 3 aromatic heterocycles. The van der Waals surface area contributed by atoms with Crippen LogP contribution >= 0.6 is 0 Å². The normalized spacial score (nSPS) is 12.3. The first-order valence-corrected chi connectivity index (χ1v) is 9.88. The molecular weight excluding hydrogens is 378 g/mol. The molecule has 0 radical (unpaired) electrons. The summed E-state index contributed by atoms with van der Waals surface area (Å²) >= 11 is 0. The van der Waals surface area contributed by atoms with E-state index in [-0.39, 0.29) is 6.04 Å². The Labute approximate surface area is 176 Å². The fourth-order valence-corrected chi connectivity index (χ4v) is 3.10. The van der Waals surface area contributed by atoms with Gasteiger partial charge in [0, 0.05) is 41.3 Å². The standard InChI is InChI=1S/C24H25N3O3/c1-16(27(3)4)15-29-23-14-18(7-8-20(23)19-6-5-11-25-17(19)2)30-24-21-10-13-28-22(21)9-12-26-24/h5-14,16H,15H2,1-4H3. The third-order valence-electron chi connectivity index (χ3n) is 5.17. The molecule has 4 rings (SSSR count). The molecule has 0 aliphatic carbocycles. The number of rotatable bonds is 7. The van der Waals surface area contributed by atoms with E-state index < -0.39 is 0 Å². The van der Waals surface area contributed by atoms with Crippen molar-refractivity contribution >= 4 is 11.0 Å². The van der Waals surface area contributed by atoms with Gasteiger partial charge in [-0.1, -0.05) is 6.07 Å². The van der Waals surface area contributed by atoms with Gasteiger partial charge in [-0.2, -0.15) is 0 Å². The van der Waals surface area contributed by atoms with Crippen LogP contribution in [0.2, 0.25) is 0 Å². The summed E-state index contributed by atoms with van der Waals surface area (Å²) < 4.78 is 17.8. The Hall–Kier alpha value is -3.38. The molecular formula is C24H25N3O3. The summed E-state index contributed by atoms with van der Waals surface area (Å²) in [6.07, 6.45) is 5.09. The van der Waals surface area contributed by atoms with Gasteiger partial charge in [0.05, 0.1) is 11.6 Å². The molecule has 0 bridgehead atoms. The third kappa shape index (κ3) is 4.14. The number of benzene rings is 1. The summed E-state index contributed by atoms with van der Waals surface area (Å²) in [6, 6.07) is 13.7. The summed E-state index contributed by atoms with van der Waals surface area (Å²) in [6.45, 7) is 4.67. The lowest BCUT2D eigenvalue weighted by molar-refractivity contribution is 0.198. The highest BCUT2D eigenvalue weighted by Crippen LogP contribution is 2.37. The number of likely N-dealkylation sites (N-methyl/N-ethyl adjacent to an activating group) is 1. The largest absolute Gasteiger partial charge is 0.491 e. The molecule has 1 aromatic carbocycles. The number of hydrogen-bond acceptors (Lipinski definition) is 6. The van der Waals surface area contributed by atoms with Crippen molar-refractivity contribution in [2.75, 3.05) is 20.7 Å². The van der Waals surface area contributed by atoms with Gasteiger partial charge in [-0.15, -0.1) is 0 Å². The molecule has 0 saturated carbocycles. The zero-order valence-electron chi connectivity index (χ0n) is 17.6. The molecule has 3 heterocycles. The fourth-order valence-electron chi connectivity index (χ4n) is 3.10. The van der Waals surface area contributed by atoms with Crippen molar-refractivity contribution in [3.63, 3.8) is 0 Å². The lowest BCUT2D eigenvalue weighted by atomic mass is 10.0. The van der Waals surface area contributed by atoms with Gasteiger partial charge in [-0.05, 0) is 58.3 Å². The van der Waals surface area contributed by atoms with Crippen LogP contribution in [0.25, 0.3) is 22.1 Å². The van der Waals surface area contributed by atoms with E-state index in [9.17, 15) is 0 Å². The number of hydrogen-bond donors (Lipinski definition) is 0. The summed E-state index contributed by atoms with van der Waals surface area (Å²) in [7, 11) is 4.08. The average molecular weight is 403 g/mol. The Morgan fingerprint density at radius 1 is 1.03 bits per heavy atom. The predicted molar refractivity (Wildman–Crippen MR) is 117 cm³/mol. The first kappa shape index (κ1) is 19.9. The third-order valence-corrected chi connectivity index (χ3v) is 5.17. The van der Waals surface area contributed by atoms with Crippen LogP contribution < -0.4 is 9.47 Å². The molecule has 1 atom stereocenters. The van der Waals surface area contributed by atoms with E-state index in [1.165, 1.54) is 0 Å². The van der Waals surface area contributed by atoms with Gasteiger partial charge < -0.3 is 18.8 Å². The Morgan fingerprint density at radius 2 is 1.90 bits per heavy atom. The maximum Gasteiger partial charge on any atom is 0.230 e. The van der Waals surface area contributed by atoms with Gasteiger partial charge in [0.1, 0.15) is 23.7 Å². The van der Waals surface area contributed by atoms with Crippen LogP contribution in [-0.4, -0.2) is 41.6 Å². The second-order valence-electron chi connectivity index (χ2n) is 7.47. The van der Waals surface area contributed by atoms with Crippen LogP contribution in [0.4, 0.5) is 0 Å². The second-order valence-corrected chi connectivity index (χ2v) is 7.47. The smallest absolute Gasteiger partial charge is 0.230 e. The molecule has 154 valence electrons. The van der Waals surface area contributed by atoms with Crippen molar-refractivity contribution in [2.24, 2.45) is 0 Å². The SMILES string of the molecule is Cc1ncccc1-c1ccc(Oc2nccc3occc23)cc1OCC(C)N(C)C. The van der Waals surface area contributed by atoms with Gasteiger partial charge >= 0.3 is 0 Å². The quantitative estimate of drug-likeness (QED) is 0.416. The van der Waals surface area contributed by atoms with E-state index in [4.69, 9.17) is 13.9 Å². The van der Waals surface area contributed by atoms with E-state index in [1.807, 2.05) is 63.5 Å². The van der Waals surface area contributed by atoms with E-state index in [0.29, 0.717) is 18.2 Å². The average Bonchev–Trinajstić information content (AvgIpc) is 3.22. The highest BCUT2D eigenvalue weighted by atomic mass is 16.5. The molecule has 6 heteroatoms. The number of ether oxygens (including phenoxy) is 2. The summed E-state index contributed by atoms with van der Waals surface area (Å²) in [5.74, 6) is 1.89.